The van der Waals surface area contributed by atoms with Crippen LogP contribution in [0.1, 0.15) is 42.4 Å². The van der Waals surface area contributed by atoms with Gasteiger partial charge in [-0.25, -0.2) is 0 Å². The zero-order chi connectivity index (χ0) is 25.3. The van der Waals surface area contributed by atoms with Crippen molar-refractivity contribution < 1.29 is 14.3 Å². The average molecular weight is 505 g/mol. The van der Waals surface area contributed by atoms with E-state index in [1.165, 1.54) is 0 Å². The number of hydrogen-bond acceptors (Lipinski definition) is 3. The summed E-state index contributed by atoms with van der Waals surface area (Å²) in [6.07, 6.45) is 4.62. The summed E-state index contributed by atoms with van der Waals surface area (Å²) in [5.41, 5.74) is 3.07. The van der Waals surface area contributed by atoms with Crippen molar-refractivity contribution >= 4 is 23.4 Å². The van der Waals surface area contributed by atoms with Gasteiger partial charge in [0.1, 0.15) is 11.8 Å². The van der Waals surface area contributed by atoms with E-state index in [2.05, 4.69) is 5.32 Å². The number of hydrogen-bond donors (Lipinski definition) is 1. The SMILES string of the molecule is Cc1cccc(CN(C(=O)COc2cccc(Cl)c2)C(Cc2ccccc2)C(=O)NC2CCCC2)c1. The average Bonchev–Trinajstić information content (AvgIpc) is 3.38. The van der Waals surface area contributed by atoms with Gasteiger partial charge in [-0.3, -0.25) is 9.59 Å². The van der Waals surface area contributed by atoms with Gasteiger partial charge in [0.15, 0.2) is 6.61 Å². The van der Waals surface area contributed by atoms with Crippen molar-refractivity contribution in [2.24, 2.45) is 0 Å². The minimum atomic E-state index is -0.663. The maximum Gasteiger partial charge on any atom is 0.261 e. The van der Waals surface area contributed by atoms with Gasteiger partial charge in [-0.15, -0.1) is 0 Å². The van der Waals surface area contributed by atoms with E-state index in [1.54, 1.807) is 29.2 Å². The lowest BCUT2D eigenvalue weighted by atomic mass is 10.0. The van der Waals surface area contributed by atoms with Crippen LogP contribution in [0.4, 0.5) is 0 Å². The number of aryl methyl sites for hydroxylation is 1. The fourth-order valence-corrected chi connectivity index (χ4v) is 4.89. The highest BCUT2D eigenvalue weighted by atomic mass is 35.5. The van der Waals surface area contributed by atoms with E-state index >= 15 is 0 Å². The molecule has 3 aromatic rings. The van der Waals surface area contributed by atoms with Crippen LogP contribution in [0.25, 0.3) is 0 Å². The third-order valence-corrected chi connectivity index (χ3v) is 6.80. The molecule has 0 bridgehead atoms. The monoisotopic (exact) mass is 504 g/mol. The number of amides is 2. The molecule has 5 nitrogen and oxygen atoms in total. The summed E-state index contributed by atoms with van der Waals surface area (Å²) in [6, 6.07) is 24.3. The number of nitrogens with one attached hydrogen (secondary N) is 1. The third-order valence-electron chi connectivity index (χ3n) is 6.57. The Morgan fingerprint density at radius 3 is 2.42 bits per heavy atom. The molecule has 1 aliphatic carbocycles. The standard InChI is InChI=1S/C30H33ClN2O3/c1-22-9-7-12-24(17-22)20-33(29(34)21-36-27-16-8-13-25(31)19-27)28(18-23-10-3-2-4-11-23)30(35)32-26-14-5-6-15-26/h2-4,7-13,16-17,19,26,28H,5-6,14-15,18,20-21H2,1H3,(H,32,35). The molecule has 1 fully saturated rings. The topological polar surface area (TPSA) is 58.6 Å². The maximum absolute atomic E-state index is 13.7. The largest absolute Gasteiger partial charge is 0.484 e. The van der Waals surface area contributed by atoms with Crippen molar-refractivity contribution in [3.63, 3.8) is 0 Å². The zero-order valence-electron chi connectivity index (χ0n) is 20.7. The van der Waals surface area contributed by atoms with Gasteiger partial charge in [-0.2, -0.15) is 0 Å². The molecule has 0 spiro atoms. The first kappa shape index (κ1) is 25.8. The van der Waals surface area contributed by atoms with Crippen molar-refractivity contribution in [2.75, 3.05) is 6.61 Å². The minimum Gasteiger partial charge on any atom is -0.484 e. The van der Waals surface area contributed by atoms with Gasteiger partial charge in [-0.1, -0.05) is 90.7 Å². The number of ether oxygens (including phenoxy) is 1. The zero-order valence-corrected chi connectivity index (χ0v) is 21.4. The van der Waals surface area contributed by atoms with Crippen LogP contribution in [0.5, 0.6) is 5.75 Å². The van der Waals surface area contributed by atoms with Crippen molar-refractivity contribution in [1.82, 2.24) is 10.2 Å². The first-order chi connectivity index (χ1) is 17.5. The smallest absolute Gasteiger partial charge is 0.261 e. The fourth-order valence-electron chi connectivity index (χ4n) is 4.71. The summed E-state index contributed by atoms with van der Waals surface area (Å²) in [4.78, 5) is 29.0. The molecule has 1 aliphatic rings. The normalized spacial score (nSPS) is 14.3. The Kier molecular flexibility index (Phi) is 9.01. The van der Waals surface area contributed by atoms with Crippen molar-refractivity contribution in [3.8, 4) is 5.75 Å². The summed E-state index contributed by atoms with van der Waals surface area (Å²) in [5, 5.41) is 3.76. The van der Waals surface area contributed by atoms with Crippen molar-refractivity contribution in [3.05, 3.63) is 101 Å². The number of benzene rings is 3. The van der Waals surface area contributed by atoms with Gasteiger partial charge in [-0.05, 0) is 49.1 Å². The van der Waals surface area contributed by atoms with Gasteiger partial charge >= 0.3 is 0 Å². The van der Waals surface area contributed by atoms with Crippen LogP contribution in [0.15, 0.2) is 78.9 Å². The summed E-state index contributed by atoms with van der Waals surface area (Å²) in [6.45, 7) is 2.15. The number of halogens is 1. The van der Waals surface area contributed by atoms with Crippen LogP contribution in [0.2, 0.25) is 5.02 Å². The molecule has 0 aromatic heterocycles. The lowest BCUT2D eigenvalue weighted by Crippen LogP contribution is -2.53. The number of nitrogens with zero attached hydrogens (tertiary/aromatic N) is 1. The molecule has 4 rings (SSSR count). The van der Waals surface area contributed by atoms with Gasteiger partial charge in [0.05, 0.1) is 0 Å². The molecule has 1 saturated carbocycles. The fraction of sp³-hybridized carbons (Fsp3) is 0.333. The molecular formula is C30H33ClN2O3. The highest BCUT2D eigenvalue weighted by Gasteiger charge is 2.32. The Morgan fingerprint density at radius 2 is 1.69 bits per heavy atom. The Morgan fingerprint density at radius 1 is 0.972 bits per heavy atom. The van der Waals surface area contributed by atoms with E-state index < -0.39 is 6.04 Å². The van der Waals surface area contributed by atoms with Crippen LogP contribution < -0.4 is 10.1 Å². The molecule has 0 aliphatic heterocycles. The van der Waals surface area contributed by atoms with E-state index in [0.717, 1.165) is 42.4 Å². The molecule has 6 heteroatoms. The van der Waals surface area contributed by atoms with Crippen LogP contribution in [0.3, 0.4) is 0 Å². The number of rotatable bonds is 10. The van der Waals surface area contributed by atoms with E-state index in [4.69, 9.17) is 16.3 Å². The second kappa shape index (κ2) is 12.6. The van der Waals surface area contributed by atoms with Crippen molar-refractivity contribution in [2.45, 2.75) is 57.7 Å². The summed E-state index contributed by atoms with van der Waals surface area (Å²) < 4.78 is 5.80. The van der Waals surface area contributed by atoms with E-state index in [9.17, 15) is 9.59 Å². The molecule has 3 aromatic carbocycles. The Balaban J connectivity index is 1.61. The first-order valence-electron chi connectivity index (χ1n) is 12.6. The Hall–Kier alpha value is -3.31. The van der Waals surface area contributed by atoms with Gasteiger partial charge in [0, 0.05) is 24.0 Å². The Labute approximate surface area is 218 Å². The molecule has 1 unspecified atom stereocenters. The molecule has 188 valence electrons. The van der Waals surface area contributed by atoms with Crippen molar-refractivity contribution in [1.29, 1.82) is 0 Å². The Bertz CT molecular complexity index is 1160. The molecule has 0 heterocycles. The highest BCUT2D eigenvalue weighted by molar-refractivity contribution is 6.30. The molecule has 0 radical (unpaired) electrons. The first-order valence-corrected chi connectivity index (χ1v) is 12.9. The van der Waals surface area contributed by atoms with Gasteiger partial charge in [0.25, 0.3) is 5.91 Å². The predicted molar refractivity (Wildman–Crippen MR) is 143 cm³/mol. The lowest BCUT2D eigenvalue weighted by Gasteiger charge is -2.32. The molecule has 1 N–H and O–H groups in total. The van der Waals surface area contributed by atoms with E-state index in [-0.39, 0.29) is 24.5 Å². The van der Waals surface area contributed by atoms with E-state index in [1.807, 2.05) is 61.5 Å². The van der Waals surface area contributed by atoms with Gasteiger partial charge in [0.2, 0.25) is 5.91 Å². The van der Waals surface area contributed by atoms with Crippen LogP contribution in [0, 0.1) is 6.92 Å². The summed E-state index contributed by atoms with van der Waals surface area (Å²) in [5.74, 6) is 0.148. The quantitative estimate of drug-likeness (QED) is 0.384. The summed E-state index contributed by atoms with van der Waals surface area (Å²) in [7, 11) is 0. The lowest BCUT2D eigenvalue weighted by molar-refractivity contribution is -0.143. The second-order valence-corrected chi connectivity index (χ2v) is 9.89. The molecule has 36 heavy (non-hydrogen) atoms. The van der Waals surface area contributed by atoms with E-state index in [0.29, 0.717) is 23.7 Å². The third kappa shape index (κ3) is 7.34. The van der Waals surface area contributed by atoms with Gasteiger partial charge < -0.3 is 15.0 Å². The molecule has 1 atom stereocenters. The number of carbonyl (C=O) groups excluding carboxylic acids is 2. The number of carbonyl (C=O) groups is 2. The van der Waals surface area contributed by atoms with Crippen LogP contribution in [-0.4, -0.2) is 35.4 Å². The predicted octanol–water partition coefficient (Wildman–Crippen LogP) is 5.73. The van der Waals surface area contributed by atoms with Crippen LogP contribution in [-0.2, 0) is 22.6 Å². The van der Waals surface area contributed by atoms with Crippen LogP contribution >= 0.6 is 11.6 Å². The second-order valence-electron chi connectivity index (χ2n) is 9.45. The summed E-state index contributed by atoms with van der Waals surface area (Å²) >= 11 is 6.08. The molecule has 2 amide bonds. The molecule has 0 saturated heterocycles. The molecular weight excluding hydrogens is 472 g/mol. The minimum absolute atomic E-state index is 0.116. The highest BCUT2D eigenvalue weighted by Crippen LogP contribution is 2.21. The maximum atomic E-state index is 13.7.